The molecule has 378 valence electrons. The van der Waals surface area contributed by atoms with Crippen molar-refractivity contribution >= 4 is 35.5 Å². The molecule has 6 aromatic rings. The number of hydrogen-bond acceptors (Lipinski definition) is 6. The van der Waals surface area contributed by atoms with Gasteiger partial charge in [-0.1, -0.05) is 222 Å². The lowest BCUT2D eigenvalue weighted by Crippen LogP contribution is -2.58. The molecule has 1 heterocycles. The minimum atomic E-state index is -1.48. The molecule has 0 spiro atoms. The first-order chi connectivity index (χ1) is 35.7. The normalized spacial score (nSPS) is 18.1. The van der Waals surface area contributed by atoms with Crippen LogP contribution in [0.4, 0.5) is 4.79 Å². The van der Waals surface area contributed by atoms with Crippen LogP contribution in [0.25, 0.3) is 11.1 Å². The van der Waals surface area contributed by atoms with E-state index in [1.54, 1.807) is 4.90 Å². The molecular weight excluding hydrogens is 930 g/mol. The Bertz CT molecular complexity index is 2780. The third-order valence-electron chi connectivity index (χ3n) is 15.6. The van der Waals surface area contributed by atoms with Crippen molar-refractivity contribution in [2.45, 2.75) is 126 Å². The third-order valence-corrected chi connectivity index (χ3v) is 16.0. The van der Waals surface area contributed by atoms with Gasteiger partial charge in [0.25, 0.3) is 0 Å². The predicted octanol–water partition coefficient (Wildman–Crippen LogP) is 13.1. The van der Waals surface area contributed by atoms with E-state index in [0.717, 1.165) is 51.8 Å². The summed E-state index contributed by atoms with van der Waals surface area (Å²) in [7, 11) is 0. The van der Waals surface area contributed by atoms with Gasteiger partial charge in [0.15, 0.2) is 5.60 Å². The molecule has 2 fully saturated rings. The van der Waals surface area contributed by atoms with Crippen LogP contribution in [0.15, 0.2) is 158 Å². The molecule has 3 aliphatic rings. The van der Waals surface area contributed by atoms with E-state index < -0.39 is 47.6 Å². The summed E-state index contributed by atoms with van der Waals surface area (Å²) in [4.78, 5) is 60.4. The average molecular weight is 999 g/mol. The van der Waals surface area contributed by atoms with Crippen molar-refractivity contribution in [3.63, 3.8) is 0 Å². The number of carbonyl (C=O) groups is 4. The van der Waals surface area contributed by atoms with Gasteiger partial charge in [0.1, 0.15) is 24.7 Å². The fraction of sp³-hybridized carbons (Fsp3) is 0.365. The summed E-state index contributed by atoms with van der Waals surface area (Å²) in [5.74, 6) is -1.52. The number of ether oxygens (including phenoxy) is 2. The van der Waals surface area contributed by atoms with Gasteiger partial charge in [-0.2, -0.15) is 0 Å². The molecule has 2 N–H and O–H groups in total. The molecule has 9 nitrogen and oxygen atoms in total. The molecule has 0 aromatic heterocycles. The van der Waals surface area contributed by atoms with Crippen molar-refractivity contribution in [1.82, 2.24) is 15.5 Å². The molecule has 1 unspecified atom stereocenters. The number of rotatable bonds is 16. The van der Waals surface area contributed by atoms with Gasteiger partial charge in [-0.05, 0) is 77.0 Å². The number of benzene rings is 6. The highest BCUT2D eigenvalue weighted by atomic mass is 35.5. The van der Waals surface area contributed by atoms with Crippen LogP contribution in [0.2, 0.25) is 5.02 Å². The van der Waals surface area contributed by atoms with E-state index in [9.17, 15) is 9.59 Å². The van der Waals surface area contributed by atoms with Gasteiger partial charge in [0.05, 0.1) is 0 Å². The Kier molecular flexibility index (Phi) is 16.8. The van der Waals surface area contributed by atoms with Crippen LogP contribution in [0, 0.1) is 5.92 Å². The van der Waals surface area contributed by atoms with Crippen LogP contribution >= 0.6 is 11.6 Å². The minimum absolute atomic E-state index is 0.0874. The third kappa shape index (κ3) is 11.4. The van der Waals surface area contributed by atoms with E-state index >= 15 is 9.59 Å². The zero-order chi connectivity index (χ0) is 50.7. The van der Waals surface area contributed by atoms with Gasteiger partial charge in [-0.15, -0.1) is 0 Å². The smallest absolute Gasteiger partial charge is 0.407 e. The molecule has 1 aliphatic heterocycles. The lowest BCUT2D eigenvalue weighted by molar-refractivity contribution is -0.162. The van der Waals surface area contributed by atoms with E-state index in [2.05, 4.69) is 59.2 Å². The van der Waals surface area contributed by atoms with Gasteiger partial charge in [-0.25, -0.2) is 9.59 Å². The average Bonchev–Trinajstić information content (AvgIpc) is 4.08. The second-order valence-electron chi connectivity index (χ2n) is 20.2. The van der Waals surface area contributed by atoms with Gasteiger partial charge in [-0.3, -0.25) is 9.59 Å². The van der Waals surface area contributed by atoms with Gasteiger partial charge >= 0.3 is 12.1 Å². The van der Waals surface area contributed by atoms with Crippen molar-refractivity contribution < 1.29 is 28.7 Å². The van der Waals surface area contributed by atoms with Crippen molar-refractivity contribution in [1.29, 1.82) is 0 Å². The second-order valence-corrected chi connectivity index (χ2v) is 20.6. The molecule has 10 heteroatoms. The maximum absolute atomic E-state index is 15.3. The number of hydrogen-bond donors (Lipinski definition) is 2. The summed E-state index contributed by atoms with van der Waals surface area (Å²) in [5.41, 5.74) is 7.09. The molecule has 0 bridgehead atoms. The summed E-state index contributed by atoms with van der Waals surface area (Å²) >= 11 is 7.14. The molecule has 0 radical (unpaired) electrons. The lowest BCUT2D eigenvalue weighted by Gasteiger charge is -2.38. The zero-order valence-corrected chi connectivity index (χ0v) is 42.9. The maximum atomic E-state index is 15.3. The van der Waals surface area contributed by atoms with Crippen molar-refractivity contribution in [3.8, 4) is 11.1 Å². The Labute approximate surface area is 436 Å². The molecular formula is C63H68ClN3O6. The Hall–Kier alpha value is -6.71. The number of nitrogens with one attached hydrogen (secondary N) is 2. The van der Waals surface area contributed by atoms with Crippen LogP contribution in [-0.4, -0.2) is 60.1 Å². The SMILES string of the molecule is CC[C@H](C)[C@H](NC(=O)OCC1c2ccccc2-c2ccccc21)C(=O)N[C@@H](Cc1ccccc1)C(=O)N1CCC[C@H]1C(=O)OC(c1ccccc1)(c1ccc(C2CCCCCCCC2)cc1)c1ccccc1Cl. The highest BCUT2D eigenvalue weighted by Gasteiger charge is 2.47. The van der Waals surface area contributed by atoms with Gasteiger partial charge < -0.3 is 25.0 Å². The van der Waals surface area contributed by atoms with E-state index in [-0.39, 0.29) is 31.4 Å². The van der Waals surface area contributed by atoms with E-state index in [1.807, 2.05) is 123 Å². The number of likely N-dealkylation sites (tertiary alicyclic amines) is 1. The first-order valence-corrected chi connectivity index (χ1v) is 26.9. The number of fused-ring (bicyclic) bond motifs is 3. The molecule has 3 amide bonds. The molecule has 6 aromatic carbocycles. The second kappa shape index (κ2) is 23.9. The molecule has 73 heavy (non-hydrogen) atoms. The fourth-order valence-electron chi connectivity index (χ4n) is 11.5. The minimum Gasteiger partial charge on any atom is -0.449 e. The van der Waals surface area contributed by atoms with E-state index in [4.69, 9.17) is 21.1 Å². The highest BCUT2D eigenvalue weighted by Crippen LogP contribution is 2.46. The first kappa shape index (κ1) is 51.2. The Morgan fingerprint density at radius 1 is 0.658 bits per heavy atom. The van der Waals surface area contributed by atoms with Gasteiger partial charge in [0.2, 0.25) is 11.8 Å². The topological polar surface area (TPSA) is 114 Å². The van der Waals surface area contributed by atoms with Crippen LogP contribution in [0.1, 0.15) is 135 Å². The van der Waals surface area contributed by atoms with Crippen molar-refractivity contribution in [2.75, 3.05) is 13.2 Å². The first-order valence-electron chi connectivity index (χ1n) is 26.6. The predicted molar refractivity (Wildman–Crippen MR) is 288 cm³/mol. The Morgan fingerprint density at radius 2 is 1.23 bits per heavy atom. The summed E-state index contributed by atoms with van der Waals surface area (Å²) in [5, 5.41) is 6.36. The molecule has 1 saturated heterocycles. The summed E-state index contributed by atoms with van der Waals surface area (Å²) < 4.78 is 12.9. The van der Waals surface area contributed by atoms with Crippen LogP contribution in [0.3, 0.4) is 0 Å². The summed E-state index contributed by atoms with van der Waals surface area (Å²) in [6, 6.07) is 48.4. The number of nitrogens with zero attached hydrogens (tertiary/aromatic N) is 1. The van der Waals surface area contributed by atoms with Gasteiger partial charge in [0, 0.05) is 40.6 Å². The molecule has 5 atom stereocenters. The molecule has 9 rings (SSSR count). The van der Waals surface area contributed by atoms with E-state index in [0.29, 0.717) is 35.8 Å². The summed E-state index contributed by atoms with van der Waals surface area (Å²) in [6.07, 6.45) is 10.7. The quantitative estimate of drug-likeness (QED) is 0.0737. The Balaban J connectivity index is 0.975. The largest absolute Gasteiger partial charge is 0.449 e. The monoisotopic (exact) mass is 997 g/mol. The van der Waals surface area contributed by atoms with E-state index in [1.165, 1.54) is 44.1 Å². The van der Waals surface area contributed by atoms with Crippen molar-refractivity contribution in [2.24, 2.45) is 5.92 Å². The number of amides is 3. The zero-order valence-electron chi connectivity index (χ0n) is 42.1. The number of halogens is 1. The summed E-state index contributed by atoms with van der Waals surface area (Å²) in [6.45, 7) is 4.21. The molecule has 1 saturated carbocycles. The highest BCUT2D eigenvalue weighted by molar-refractivity contribution is 6.31. The van der Waals surface area contributed by atoms with Crippen molar-refractivity contribution in [3.05, 3.63) is 202 Å². The van der Waals surface area contributed by atoms with Crippen LogP contribution < -0.4 is 10.6 Å². The lowest BCUT2D eigenvalue weighted by atomic mass is 9.78. The molecule has 2 aliphatic carbocycles. The fourth-order valence-corrected chi connectivity index (χ4v) is 11.8. The van der Waals surface area contributed by atoms with Crippen LogP contribution in [0.5, 0.6) is 0 Å². The standard InChI is InChI=1S/C63H68ClN3O6/c1-3-43(2)58(66-62(71)72-42-53-51-31-18-16-29-49(51)50-30-17-19-32-52(50)53)59(68)65-56(41-44-23-10-8-11-24-44)60(69)67-40-22-35-57(67)61(70)73-63(47-27-14-9-15-28-47,54-33-20-21-34-55(54)64)48-38-36-46(37-39-48)45-25-12-6-4-5-7-13-26-45/h8-11,14-21,23-24,27-34,36-39,43,45,53,56-58H,3-7,12-13,22,25-26,35,40-42H2,1-2H3,(H,65,68)(H,66,71)/t43-,56-,57-,58-,63?/m0/s1. The maximum Gasteiger partial charge on any atom is 0.407 e. The Morgan fingerprint density at radius 3 is 1.88 bits per heavy atom. The number of esters is 1. The number of alkyl carbamates (subject to hydrolysis) is 1. The van der Waals surface area contributed by atoms with Crippen LogP contribution in [-0.2, 0) is 35.9 Å². The number of carbonyl (C=O) groups excluding carboxylic acids is 4.